The minimum absolute atomic E-state index is 0.00391. The average molecular weight is 278 g/mol. The van der Waals surface area contributed by atoms with E-state index in [4.69, 9.17) is 9.47 Å². The second-order valence-corrected chi connectivity index (χ2v) is 7.47. The van der Waals surface area contributed by atoms with Gasteiger partial charge in [0.15, 0.2) is 0 Å². The lowest BCUT2D eigenvalue weighted by molar-refractivity contribution is -0.103. The van der Waals surface area contributed by atoms with Gasteiger partial charge in [0.2, 0.25) is 0 Å². The molecule has 2 aliphatic rings. The third kappa shape index (κ3) is 3.66. The lowest BCUT2D eigenvalue weighted by atomic mass is 9.82. The van der Waals surface area contributed by atoms with E-state index in [1.165, 1.54) is 0 Å². The molecule has 1 saturated heterocycles. The van der Waals surface area contributed by atoms with Crippen LogP contribution < -0.4 is 0 Å². The molecule has 0 aromatic heterocycles. The Bertz CT molecular complexity index is 390. The molecule has 0 N–H and O–H groups in total. The van der Waals surface area contributed by atoms with E-state index >= 15 is 0 Å². The molecule has 0 aromatic rings. The molecule has 2 unspecified atom stereocenters. The second-order valence-electron chi connectivity index (χ2n) is 7.47. The van der Waals surface area contributed by atoms with Crippen molar-refractivity contribution in [2.45, 2.75) is 72.0 Å². The summed E-state index contributed by atoms with van der Waals surface area (Å²) >= 11 is 0. The SMILES string of the molecule is CCC(OC1=CC=CCC1(C)C)C1CCOC(C)(C)C1. The molecule has 0 amide bonds. The van der Waals surface area contributed by atoms with Gasteiger partial charge in [-0.15, -0.1) is 0 Å². The summed E-state index contributed by atoms with van der Waals surface area (Å²) in [6.07, 6.45) is 11.2. The van der Waals surface area contributed by atoms with E-state index < -0.39 is 0 Å². The Kier molecular flexibility index (Phi) is 4.63. The summed E-state index contributed by atoms with van der Waals surface area (Å²) in [5.41, 5.74) is 0.124. The Morgan fingerprint density at radius 1 is 1.35 bits per heavy atom. The molecular weight excluding hydrogens is 248 g/mol. The van der Waals surface area contributed by atoms with Gasteiger partial charge in [0.1, 0.15) is 11.9 Å². The summed E-state index contributed by atoms with van der Waals surface area (Å²) in [4.78, 5) is 0. The fraction of sp³-hybridized carbons (Fsp3) is 0.778. The maximum atomic E-state index is 6.44. The van der Waals surface area contributed by atoms with Crippen LogP contribution in [-0.4, -0.2) is 18.3 Å². The maximum absolute atomic E-state index is 6.44. The fourth-order valence-corrected chi connectivity index (χ4v) is 3.32. The number of ether oxygens (including phenoxy) is 2. The molecule has 1 aliphatic carbocycles. The van der Waals surface area contributed by atoms with E-state index in [1.807, 2.05) is 0 Å². The maximum Gasteiger partial charge on any atom is 0.102 e. The van der Waals surface area contributed by atoms with Gasteiger partial charge in [-0.1, -0.05) is 32.9 Å². The van der Waals surface area contributed by atoms with Gasteiger partial charge in [-0.25, -0.2) is 0 Å². The van der Waals surface area contributed by atoms with Crippen LogP contribution in [0.1, 0.15) is 60.3 Å². The number of hydrogen-bond acceptors (Lipinski definition) is 2. The highest BCUT2D eigenvalue weighted by Gasteiger charge is 2.36. The monoisotopic (exact) mass is 278 g/mol. The predicted octanol–water partition coefficient (Wildman–Crippen LogP) is 4.86. The normalized spacial score (nSPS) is 29.6. The molecule has 0 radical (unpaired) electrons. The molecule has 2 nitrogen and oxygen atoms in total. The predicted molar refractivity (Wildman–Crippen MR) is 83.5 cm³/mol. The van der Waals surface area contributed by atoms with Crippen LogP contribution in [0.15, 0.2) is 24.0 Å². The molecule has 0 aromatic carbocycles. The Labute approximate surface area is 124 Å². The van der Waals surface area contributed by atoms with Crippen LogP contribution in [0.25, 0.3) is 0 Å². The van der Waals surface area contributed by atoms with E-state index in [1.54, 1.807) is 0 Å². The van der Waals surface area contributed by atoms with Crippen LogP contribution in [0, 0.1) is 11.3 Å². The van der Waals surface area contributed by atoms with Crippen LogP contribution in [0.3, 0.4) is 0 Å². The molecular formula is C18H30O2. The molecule has 2 rings (SSSR count). The lowest BCUT2D eigenvalue weighted by Crippen LogP contribution is -2.40. The first kappa shape index (κ1) is 15.6. The first-order chi connectivity index (χ1) is 9.34. The van der Waals surface area contributed by atoms with E-state index in [0.717, 1.165) is 38.0 Å². The summed E-state index contributed by atoms with van der Waals surface area (Å²) in [5, 5.41) is 0. The zero-order valence-electron chi connectivity index (χ0n) is 13.7. The Morgan fingerprint density at radius 3 is 2.70 bits per heavy atom. The smallest absolute Gasteiger partial charge is 0.102 e. The first-order valence-corrected chi connectivity index (χ1v) is 8.02. The quantitative estimate of drug-likeness (QED) is 0.731. The Morgan fingerprint density at radius 2 is 2.10 bits per heavy atom. The molecule has 1 heterocycles. The molecule has 2 heteroatoms. The molecule has 20 heavy (non-hydrogen) atoms. The average Bonchev–Trinajstić information content (AvgIpc) is 2.36. The van der Waals surface area contributed by atoms with Crippen molar-refractivity contribution in [3.05, 3.63) is 24.0 Å². The van der Waals surface area contributed by atoms with Gasteiger partial charge in [-0.2, -0.15) is 0 Å². The summed E-state index contributed by atoms with van der Waals surface area (Å²) in [5.74, 6) is 1.75. The van der Waals surface area contributed by atoms with Gasteiger partial charge >= 0.3 is 0 Å². The van der Waals surface area contributed by atoms with Gasteiger partial charge in [0.05, 0.1) is 5.60 Å². The van der Waals surface area contributed by atoms with Crippen molar-refractivity contribution in [3.8, 4) is 0 Å². The molecule has 1 fully saturated rings. The third-order valence-corrected chi connectivity index (χ3v) is 4.62. The Hall–Kier alpha value is -0.760. The zero-order valence-corrected chi connectivity index (χ0v) is 13.7. The van der Waals surface area contributed by atoms with Gasteiger partial charge in [-0.3, -0.25) is 0 Å². The van der Waals surface area contributed by atoms with Crippen molar-refractivity contribution in [2.24, 2.45) is 11.3 Å². The molecule has 0 bridgehead atoms. The van der Waals surface area contributed by atoms with Gasteiger partial charge in [0.25, 0.3) is 0 Å². The second kappa shape index (κ2) is 5.93. The Balaban J connectivity index is 2.05. The van der Waals surface area contributed by atoms with Gasteiger partial charge in [-0.05, 0) is 45.6 Å². The molecule has 0 spiro atoms. The topological polar surface area (TPSA) is 18.5 Å². The van der Waals surface area contributed by atoms with Gasteiger partial charge < -0.3 is 9.47 Å². The largest absolute Gasteiger partial charge is 0.494 e. The number of hydrogen-bond donors (Lipinski definition) is 0. The minimum atomic E-state index is -0.00391. The molecule has 0 saturated carbocycles. The van der Waals surface area contributed by atoms with Crippen LogP contribution in [0.5, 0.6) is 0 Å². The first-order valence-electron chi connectivity index (χ1n) is 8.02. The van der Waals surface area contributed by atoms with Crippen LogP contribution in [0.4, 0.5) is 0 Å². The van der Waals surface area contributed by atoms with Crippen LogP contribution >= 0.6 is 0 Å². The fourth-order valence-electron chi connectivity index (χ4n) is 3.32. The standard InChI is InChI=1S/C18H30O2/c1-6-15(14-10-12-19-18(4,5)13-14)20-16-9-7-8-11-17(16,2)3/h7-9,14-15H,6,10-13H2,1-5H3. The summed E-state index contributed by atoms with van der Waals surface area (Å²) in [7, 11) is 0. The molecule has 1 aliphatic heterocycles. The number of allylic oxidation sites excluding steroid dienone is 4. The van der Waals surface area contributed by atoms with Crippen molar-refractivity contribution in [3.63, 3.8) is 0 Å². The van der Waals surface area contributed by atoms with Crippen molar-refractivity contribution < 1.29 is 9.47 Å². The van der Waals surface area contributed by atoms with Crippen molar-refractivity contribution in [1.82, 2.24) is 0 Å². The minimum Gasteiger partial charge on any atom is -0.494 e. The number of rotatable bonds is 4. The highest BCUT2D eigenvalue weighted by Crippen LogP contribution is 2.39. The van der Waals surface area contributed by atoms with E-state index in [9.17, 15) is 0 Å². The third-order valence-electron chi connectivity index (χ3n) is 4.62. The highest BCUT2D eigenvalue weighted by molar-refractivity contribution is 5.20. The highest BCUT2D eigenvalue weighted by atomic mass is 16.5. The van der Waals surface area contributed by atoms with E-state index in [0.29, 0.717) is 12.0 Å². The summed E-state index contributed by atoms with van der Waals surface area (Å²) in [6, 6.07) is 0. The van der Waals surface area contributed by atoms with E-state index in [2.05, 4.69) is 52.8 Å². The van der Waals surface area contributed by atoms with Crippen molar-refractivity contribution >= 4 is 0 Å². The summed E-state index contributed by atoms with van der Waals surface area (Å²) in [6.45, 7) is 12.0. The zero-order chi connectivity index (χ0) is 14.8. The van der Waals surface area contributed by atoms with Gasteiger partial charge in [0, 0.05) is 17.9 Å². The van der Waals surface area contributed by atoms with Crippen molar-refractivity contribution in [2.75, 3.05) is 6.61 Å². The van der Waals surface area contributed by atoms with Crippen molar-refractivity contribution in [1.29, 1.82) is 0 Å². The van der Waals surface area contributed by atoms with Crippen LogP contribution in [-0.2, 0) is 9.47 Å². The van der Waals surface area contributed by atoms with Crippen LogP contribution in [0.2, 0.25) is 0 Å². The molecule has 2 atom stereocenters. The lowest BCUT2D eigenvalue weighted by Gasteiger charge is -2.41. The molecule has 114 valence electrons. The van der Waals surface area contributed by atoms with E-state index in [-0.39, 0.29) is 11.0 Å². The summed E-state index contributed by atoms with van der Waals surface area (Å²) < 4.78 is 12.3.